The zero-order chi connectivity index (χ0) is 8.72. The largest absolute Gasteiger partial charge is 0.465 e. The highest BCUT2D eigenvalue weighted by Crippen LogP contribution is 2.34. The zero-order valence-corrected chi connectivity index (χ0v) is 6.69. The molecule has 12 heavy (non-hydrogen) atoms. The molecule has 0 aromatic rings. The van der Waals surface area contributed by atoms with Gasteiger partial charge in [-0.2, -0.15) is 0 Å². The molecule has 2 fully saturated rings. The van der Waals surface area contributed by atoms with Gasteiger partial charge in [-0.15, -0.1) is 0 Å². The fourth-order valence-corrected chi connectivity index (χ4v) is 2.15. The summed E-state index contributed by atoms with van der Waals surface area (Å²) in [5, 5.41) is 8.66. The number of Topliss-reactive ketones (excluding diaryl/α,β-unsaturated/α-hetero) is 1. The molecular formula is C8H11NO3. The quantitative estimate of drug-likeness (QED) is 0.581. The van der Waals surface area contributed by atoms with Crippen molar-refractivity contribution in [3.63, 3.8) is 0 Å². The molecule has 0 radical (unpaired) electrons. The summed E-state index contributed by atoms with van der Waals surface area (Å²) in [6.45, 7) is 0.561. The number of rotatable bonds is 0. The normalized spacial score (nSPS) is 34.0. The lowest BCUT2D eigenvalue weighted by Gasteiger charge is -2.47. The van der Waals surface area contributed by atoms with E-state index in [4.69, 9.17) is 5.11 Å². The van der Waals surface area contributed by atoms with Crippen LogP contribution in [0.1, 0.15) is 19.3 Å². The highest BCUT2D eigenvalue weighted by Gasteiger charge is 2.47. The summed E-state index contributed by atoms with van der Waals surface area (Å²) in [4.78, 5) is 23.1. The van der Waals surface area contributed by atoms with E-state index in [2.05, 4.69) is 0 Å². The van der Waals surface area contributed by atoms with Gasteiger partial charge in [0.25, 0.3) is 0 Å². The van der Waals surface area contributed by atoms with E-state index in [1.807, 2.05) is 0 Å². The Kier molecular flexibility index (Phi) is 1.56. The molecule has 1 heterocycles. The van der Waals surface area contributed by atoms with Gasteiger partial charge < -0.3 is 5.11 Å². The Labute approximate surface area is 70.2 Å². The number of amides is 1. The smallest absolute Gasteiger partial charge is 0.407 e. The van der Waals surface area contributed by atoms with Crippen molar-refractivity contribution in [2.45, 2.75) is 25.3 Å². The van der Waals surface area contributed by atoms with E-state index >= 15 is 0 Å². The second-order valence-electron chi connectivity index (χ2n) is 3.50. The second-order valence-corrected chi connectivity index (χ2v) is 3.50. The van der Waals surface area contributed by atoms with Crippen LogP contribution in [0.2, 0.25) is 0 Å². The van der Waals surface area contributed by atoms with Gasteiger partial charge in [-0.25, -0.2) is 4.79 Å². The molecule has 4 nitrogen and oxygen atoms in total. The number of carbonyl (C=O) groups is 2. The van der Waals surface area contributed by atoms with E-state index in [1.54, 1.807) is 0 Å². The maximum atomic E-state index is 11.3. The third-order valence-corrected chi connectivity index (χ3v) is 2.79. The van der Waals surface area contributed by atoms with Gasteiger partial charge in [0.1, 0.15) is 0 Å². The highest BCUT2D eigenvalue weighted by atomic mass is 16.4. The first-order chi connectivity index (χ1) is 5.70. The number of carbonyl (C=O) groups excluding carboxylic acids is 1. The predicted octanol–water partition coefficient (Wildman–Crippen LogP) is 0.718. The Morgan fingerprint density at radius 1 is 1.58 bits per heavy atom. The number of fused-ring (bicyclic) bond motifs is 1. The second kappa shape index (κ2) is 2.47. The molecule has 66 valence electrons. The average molecular weight is 169 g/mol. The molecule has 0 bridgehead atoms. The van der Waals surface area contributed by atoms with Crippen molar-refractivity contribution < 1.29 is 14.7 Å². The number of carboxylic acid groups (broad SMARTS) is 1. The van der Waals surface area contributed by atoms with Gasteiger partial charge in [0, 0.05) is 18.9 Å². The minimum atomic E-state index is -0.952. The minimum Gasteiger partial charge on any atom is -0.465 e. The Balaban J connectivity index is 2.08. The van der Waals surface area contributed by atoms with E-state index in [-0.39, 0.29) is 11.8 Å². The van der Waals surface area contributed by atoms with Crippen LogP contribution in [-0.2, 0) is 4.79 Å². The SMILES string of the molecule is O=C1CCCC2CN(C(=O)O)C12. The number of ketones is 1. The van der Waals surface area contributed by atoms with Gasteiger partial charge >= 0.3 is 6.09 Å². The van der Waals surface area contributed by atoms with Crippen LogP contribution in [0.3, 0.4) is 0 Å². The summed E-state index contributed by atoms with van der Waals surface area (Å²) in [6, 6.07) is -0.295. The summed E-state index contributed by atoms with van der Waals surface area (Å²) in [5.74, 6) is 0.433. The van der Waals surface area contributed by atoms with Gasteiger partial charge in [-0.3, -0.25) is 9.69 Å². The van der Waals surface area contributed by atoms with Gasteiger partial charge in [-0.1, -0.05) is 0 Å². The Morgan fingerprint density at radius 3 is 2.92 bits per heavy atom. The molecule has 2 unspecified atom stereocenters. The minimum absolute atomic E-state index is 0.111. The molecule has 2 rings (SSSR count). The Hall–Kier alpha value is -1.06. The summed E-state index contributed by atoms with van der Waals surface area (Å²) in [6.07, 6.45) is 1.56. The summed E-state index contributed by atoms with van der Waals surface area (Å²) in [5.41, 5.74) is 0. The first-order valence-electron chi connectivity index (χ1n) is 4.22. The van der Waals surface area contributed by atoms with Crippen LogP contribution >= 0.6 is 0 Å². The van der Waals surface area contributed by atoms with Crippen molar-refractivity contribution in [1.82, 2.24) is 4.90 Å². The van der Waals surface area contributed by atoms with Gasteiger partial charge in [0.15, 0.2) is 5.78 Å². The molecule has 0 aromatic heterocycles. The maximum absolute atomic E-state index is 11.3. The summed E-state index contributed by atoms with van der Waals surface area (Å²) >= 11 is 0. The summed E-state index contributed by atoms with van der Waals surface area (Å²) < 4.78 is 0. The first-order valence-corrected chi connectivity index (χ1v) is 4.22. The van der Waals surface area contributed by atoms with Crippen molar-refractivity contribution in [3.05, 3.63) is 0 Å². The Bertz CT molecular complexity index is 238. The van der Waals surface area contributed by atoms with Gasteiger partial charge in [0.05, 0.1) is 6.04 Å². The fourth-order valence-electron chi connectivity index (χ4n) is 2.15. The third-order valence-electron chi connectivity index (χ3n) is 2.79. The van der Waals surface area contributed by atoms with Gasteiger partial charge in [-0.05, 0) is 12.8 Å². The molecule has 1 saturated carbocycles. The van der Waals surface area contributed by atoms with Crippen molar-refractivity contribution in [3.8, 4) is 0 Å². The molecule has 1 amide bonds. The van der Waals surface area contributed by atoms with Crippen molar-refractivity contribution in [2.24, 2.45) is 5.92 Å². The molecule has 1 aliphatic heterocycles. The standard InChI is InChI=1S/C8H11NO3/c10-6-3-1-2-5-4-9(7(5)6)8(11)12/h5,7H,1-4H2,(H,11,12). The summed E-state index contributed by atoms with van der Waals surface area (Å²) in [7, 11) is 0. The van der Waals surface area contributed by atoms with Crippen LogP contribution < -0.4 is 0 Å². The lowest BCUT2D eigenvalue weighted by atomic mass is 9.76. The number of likely N-dealkylation sites (tertiary alicyclic amines) is 1. The molecule has 4 heteroatoms. The van der Waals surface area contributed by atoms with Crippen molar-refractivity contribution in [2.75, 3.05) is 6.54 Å². The Morgan fingerprint density at radius 2 is 2.33 bits per heavy atom. The first kappa shape index (κ1) is 7.58. The van der Waals surface area contributed by atoms with Crippen LogP contribution in [0.15, 0.2) is 0 Å². The van der Waals surface area contributed by atoms with E-state index in [1.165, 1.54) is 4.90 Å². The monoisotopic (exact) mass is 169 g/mol. The van der Waals surface area contributed by atoms with E-state index in [0.29, 0.717) is 18.9 Å². The van der Waals surface area contributed by atoms with Crippen molar-refractivity contribution >= 4 is 11.9 Å². The molecule has 0 spiro atoms. The lowest BCUT2D eigenvalue weighted by molar-refractivity contribution is -0.135. The fraction of sp³-hybridized carbons (Fsp3) is 0.750. The molecule has 2 atom stereocenters. The number of hydrogen-bond acceptors (Lipinski definition) is 2. The molecular weight excluding hydrogens is 158 g/mol. The molecule has 0 aromatic carbocycles. The molecule has 2 aliphatic rings. The van der Waals surface area contributed by atoms with E-state index in [0.717, 1.165) is 12.8 Å². The zero-order valence-electron chi connectivity index (χ0n) is 6.69. The number of hydrogen-bond donors (Lipinski definition) is 1. The molecule has 1 N–H and O–H groups in total. The maximum Gasteiger partial charge on any atom is 0.407 e. The van der Waals surface area contributed by atoms with E-state index < -0.39 is 6.09 Å². The predicted molar refractivity (Wildman–Crippen MR) is 40.9 cm³/mol. The van der Waals surface area contributed by atoms with Crippen molar-refractivity contribution in [1.29, 1.82) is 0 Å². The topological polar surface area (TPSA) is 57.6 Å². The van der Waals surface area contributed by atoms with Crippen LogP contribution in [0.5, 0.6) is 0 Å². The average Bonchev–Trinajstić information content (AvgIpc) is 1.91. The van der Waals surface area contributed by atoms with Gasteiger partial charge in [0.2, 0.25) is 0 Å². The third kappa shape index (κ3) is 0.906. The lowest BCUT2D eigenvalue weighted by Crippen LogP contribution is -2.63. The number of nitrogens with zero attached hydrogens (tertiary/aromatic N) is 1. The van der Waals surface area contributed by atoms with Crippen LogP contribution in [0.4, 0.5) is 4.79 Å². The van der Waals surface area contributed by atoms with Crippen LogP contribution in [-0.4, -0.2) is 34.5 Å². The van der Waals surface area contributed by atoms with Crippen LogP contribution in [0.25, 0.3) is 0 Å². The molecule has 1 saturated heterocycles. The highest BCUT2D eigenvalue weighted by molar-refractivity contribution is 5.89. The van der Waals surface area contributed by atoms with Crippen LogP contribution in [0, 0.1) is 5.92 Å². The molecule has 1 aliphatic carbocycles. The van der Waals surface area contributed by atoms with E-state index in [9.17, 15) is 9.59 Å².